The first kappa shape index (κ1) is 17.4. The van der Waals surface area contributed by atoms with Crippen molar-refractivity contribution >= 4 is 28.9 Å². The molecule has 1 aromatic rings. The van der Waals surface area contributed by atoms with Crippen LogP contribution in [-0.4, -0.2) is 30.8 Å². The average Bonchev–Trinajstić information content (AvgIpc) is 2.41. The van der Waals surface area contributed by atoms with Crippen LogP contribution in [0.3, 0.4) is 0 Å². The number of hydrogen-bond donors (Lipinski definition) is 3. The number of hydrogen-bond acceptors (Lipinski definition) is 3. The molecule has 0 radical (unpaired) electrons. The van der Waals surface area contributed by atoms with Gasteiger partial charge >= 0.3 is 0 Å². The van der Waals surface area contributed by atoms with E-state index in [-0.39, 0.29) is 22.3 Å². The minimum absolute atomic E-state index is 0.157. The summed E-state index contributed by atoms with van der Waals surface area (Å²) in [6.45, 7) is -1.22. The van der Waals surface area contributed by atoms with Crippen molar-refractivity contribution in [2.24, 2.45) is 0 Å². The van der Waals surface area contributed by atoms with Gasteiger partial charge in [-0.2, -0.15) is 0 Å². The van der Waals surface area contributed by atoms with Crippen molar-refractivity contribution in [1.82, 2.24) is 5.32 Å². The molecular weight excluding hydrogens is 316 g/mol. The van der Waals surface area contributed by atoms with Crippen LogP contribution < -0.4 is 11.1 Å². The Morgan fingerprint density at radius 2 is 1.80 bits per heavy atom. The zero-order valence-electron chi connectivity index (χ0n) is 10.4. The Bertz CT molecular complexity index is 428. The molecule has 0 aliphatic rings. The first-order chi connectivity index (χ1) is 9.36. The number of anilines is 1. The molecule has 8 heteroatoms. The molecular formula is C12H15Cl2F3N2O. The Hall–Kier alpha value is -0.690. The van der Waals surface area contributed by atoms with Crippen LogP contribution in [0, 0.1) is 0 Å². The molecule has 114 valence electrons. The van der Waals surface area contributed by atoms with Crippen molar-refractivity contribution in [3.8, 4) is 0 Å². The van der Waals surface area contributed by atoms with Gasteiger partial charge in [-0.1, -0.05) is 23.2 Å². The van der Waals surface area contributed by atoms with Gasteiger partial charge in [0.1, 0.15) is 6.17 Å². The molecule has 0 amide bonds. The van der Waals surface area contributed by atoms with Gasteiger partial charge in [0.05, 0.1) is 28.5 Å². The maximum atomic E-state index is 13.2. The van der Waals surface area contributed by atoms with Crippen LogP contribution in [-0.2, 0) is 0 Å². The molecule has 0 spiro atoms. The predicted molar refractivity (Wildman–Crippen MR) is 74.2 cm³/mol. The van der Waals surface area contributed by atoms with Gasteiger partial charge in [-0.3, -0.25) is 9.71 Å². The summed E-state index contributed by atoms with van der Waals surface area (Å²) in [5.74, 6) is 0. The maximum Gasteiger partial charge on any atom is 0.182 e. The third kappa shape index (κ3) is 4.70. The lowest BCUT2D eigenvalue weighted by Crippen LogP contribution is -2.36. The van der Waals surface area contributed by atoms with Crippen molar-refractivity contribution in [2.75, 3.05) is 19.0 Å². The number of rotatable bonds is 7. The normalized spacial score (nSPS) is 15.9. The van der Waals surface area contributed by atoms with E-state index in [1.54, 1.807) is 0 Å². The molecule has 3 atom stereocenters. The number of nitrogen functional groups attached to an aromatic ring is 1. The van der Waals surface area contributed by atoms with Crippen LogP contribution >= 0.6 is 23.2 Å². The summed E-state index contributed by atoms with van der Waals surface area (Å²) in [5.41, 5.74) is 6.03. The molecule has 3 nitrogen and oxygen atoms in total. The van der Waals surface area contributed by atoms with Crippen LogP contribution in [0.25, 0.3) is 0 Å². The second-order valence-corrected chi connectivity index (χ2v) is 5.03. The standard InChI is InChI=1S/C12H15Cl2F3N2O/c13-7-3-6(4-8(14)11(7)18)10(20)5-19-12(17)9(16)1-2-15/h3-4,9-10,12,19-20H,1-2,5,18H2. The lowest BCUT2D eigenvalue weighted by Gasteiger charge is -2.18. The highest BCUT2D eigenvalue weighted by atomic mass is 35.5. The minimum atomic E-state index is -2.06. The van der Waals surface area contributed by atoms with E-state index in [0.29, 0.717) is 5.56 Å². The zero-order valence-corrected chi connectivity index (χ0v) is 11.9. The molecule has 0 saturated heterocycles. The molecule has 20 heavy (non-hydrogen) atoms. The largest absolute Gasteiger partial charge is 0.396 e. The molecule has 0 fully saturated rings. The van der Waals surface area contributed by atoms with Gasteiger partial charge in [0.2, 0.25) is 0 Å². The first-order valence-electron chi connectivity index (χ1n) is 5.86. The van der Waals surface area contributed by atoms with Gasteiger partial charge in [0, 0.05) is 13.0 Å². The van der Waals surface area contributed by atoms with Gasteiger partial charge in [-0.15, -0.1) is 0 Å². The number of alkyl halides is 3. The summed E-state index contributed by atoms with van der Waals surface area (Å²) < 4.78 is 38.1. The van der Waals surface area contributed by atoms with Crippen molar-refractivity contribution in [3.63, 3.8) is 0 Å². The van der Waals surface area contributed by atoms with Crippen LogP contribution in [0.1, 0.15) is 18.1 Å². The molecule has 0 saturated carbocycles. The highest BCUT2D eigenvalue weighted by Gasteiger charge is 2.21. The molecule has 0 heterocycles. The molecule has 1 rings (SSSR count). The number of aliphatic hydroxyl groups is 1. The zero-order chi connectivity index (χ0) is 15.3. The Morgan fingerprint density at radius 1 is 1.25 bits per heavy atom. The first-order valence-corrected chi connectivity index (χ1v) is 6.62. The SMILES string of the molecule is Nc1c(Cl)cc(C(O)CNC(F)C(F)CCF)cc1Cl. The Morgan fingerprint density at radius 3 is 2.30 bits per heavy atom. The van der Waals surface area contributed by atoms with E-state index in [1.165, 1.54) is 12.1 Å². The predicted octanol–water partition coefficient (Wildman–Crippen LogP) is 3.19. The third-order valence-electron chi connectivity index (χ3n) is 2.69. The van der Waals surface area contributed by atoms with E-state index >= 15 is 0 Å². The van der Waals surface area contributed by atoms with E-state index in [9.17, 15) is 18.3 Å². The van der Waals surface area contributed by atoms with Gasteiger partial charge in [-0.25, -0.2) is 8.78 Å². The number of halogens is 5. The quantitative estimate of drug-likeness (QED) is 0.531. The Labute approximate surface area is 124 Å². The lowest BCUT2D eigenvalue weighted by molar-refractivity contribution is 0.0952. The summed E-state index contributed by atoms with van der Waals surface area (Å²) in [4.78, 5) is 0. The van der Waals surface area contributed by atoms with Crippen LogP contribution in [0.2, 0.25) is 10.0 Å². The van der Waals surface area contributed by atoms with Crippen molar-refractivity contribution in [2.45, 2.75) is 25.0 Å². The topological polar surface area (TPSA) is 58.3 Å². The van der Waals surface area contributed by atoms with E-state index < -0.39 is 31.7 Å². The summed E-state index contributed by atoms with van der Waals surface area (Å²) in [6.07, 6.45) is -5.71. The van der Waals surface area contributed by atoms with Gasteiger partial charge in [0.15, 0.2) is 6.30 Å². The van der Waals surface area contributed by atoms with E-state index in [2.05, 4.69) is 5.32 Å². The Kier molecular flexibility index (Phi) is 6.88. The van der Waals surface area contributed by atoms with E-state index in [4.69, 9.17) is 28.9 Å². The fraction of sp³-hybridized carbons (Fsp3) is 0.500. The highest BCUT2D eigenvalue weighted by molar-refractivity contribution is 6.38. The molecule has 0 aromatic heterocycles. The van der Waals surface area contributed by atoms with Gasteiger partial charge < -0.3 is 10.8 Å². The van der Waals surface area contributed by atoms with Crippen molar-refractivity contribution < 1.29 is 18.3 Å². The fourth-order valence-electron chi connectivity index (χ4n) is 1.52. The summed E-state index contributed by atoms with van der Waals surface area (Å²) in [7, 11) is 0. The second-order valence-electron chi connectivity index (χ2n) is 4.22. The van der Waals surface area contributed by atoms with Crippen molar-refractivity contribution in [3.05, 3.63) is 27.7 Å². The lowest BCUT2D eigenvalue weighted by atomic mass is 10.1. The molecule has 1 aromatic carbocycles. The maximum absolute atomic E-state index is 13.2. The van der Waals surface area contributed by atoms with Crippen LogP contribution in [0.15, 0.2) is 12.1 Å². The Balaban J connectivity index is 2.61. The smallest absolute Gasteiger partial charge is 0.182 e. The second kappa shape index (κ2) is 7.93. The average molecular weight is 331 g/mol. The number of nitrogens with one attached hydrogen (secondary N) is 1. The monoisotopic (exact) mass is 330 g/mol. The van der Waals surface area contributed by atoms with Gasteiger partial charge in [-0.05, 0) is 17.7 Å². The number of aliphatic hydroxyl groups excluding tert-OH is 1. The minimum Gasteiger partial charge on any atom is -0.396 e. The highest BCUT2D eigenvalue weighted by Crippen LogP contribution is 2.31. The van der Waals surface area contributed by atoms with Crippen LogP contribution in [0.5, 0.6) is 0 Å². The molecule has 4 N–H and O–H groups in total. The van der Waals surface area contributed by atoms with E-state index in [0.717, 1.165) is 0 Å². The molecule has 3 unspecified atom stereocenters. The summed E-state index contributed by atoms with van der Waals surface area (Å²) >= 11 is 11.6. The fourth-order valence-corrected chi connectivity index (χ4v) is 2.02. The van der Waals surface area contributed by atoms with Gasteiger partial charge in [0.25, 0.3) is 0 Å². The van der Waals surface area contributed by atoms with Crippen molar-refractivity contribution in [1.29, 1.82) is 0 Å². The number of nitrogens with two attached hydrogens (primary N) is 1. The number of benzene rings is 1. The molecule has 0 aliphatic carbocycles. The summed E-state index contributed by atoms with van der Waals surface area (Å²) in [6, 6.07) is 2.77. The third-order valence-corrected chi connectivity index (χ3v) is 3.32. The molecule has 0 bridgehead atoms. The van der Waals surface area contributed by atoms with E-state index in [1.807, 2.05) is 0 Å². The van der Waals surface area contributed by atoms with Crippen LogP contribution in [0.4, 0.5) is 18.9 Å². The summed E-state index contributed by atoms with van der Waals surface area (Å²) in [5, 5.41) is 12.3. The molecule has 0 aliphatic heterocycles.